The molecule has 0 radical (unpaired) electrons. The zero-order chi connectivity index (χ0) is 20.3. The van der Waals surface area contributed by atoms with Crippen molar-refractivity contribution < 1.29 is 14.3 Å². The average molecular weight is 445 g/mol. The second-order valence-electron chi connectivity index (χ2n) is 7.14. The first-order chi connectivity index (χ1) is 13.4. The summed E-state index contributed by atoms with van der Waals surface area (Å²) >= 11 is 3.56. The minimum atomic E-state index is -0.340. The molecular weight excluding hydrogens is 420 g/mol. The van der Waals surface area contributed by atoms with Gasteiger partial charge >= 0.3 is 5.97 Å². The number of ether oxygens (including phenoxy) is 2. The topological polar surface area (TPSA) is 53.4 Å². The van der Waals surface area contributed by atoms with Crippen molar-refractivity contribution in [1.82, 2.24) is 9.78 Å². The van der Waals surface area contributed by atoms with Crippen LogP contribution in [-0.2, 0) is 17.7 Å². The van der Waals surface area contributed by atoms with E-state index in [0.717, 1.165) is 38.8 Å². The molecule has 1 heterocycles. The number of aryl methyl sites for hydroxylation is 1. The minimum absolute atomic E-state index is 0.340. The van der Waals surface area contributed by atoms with Crippen molar-refractivity contribution in [2.75, 3.05) is 13.7 Å². The van der Waals surface area contributed by atoms with Crippen LogP contribution in [0.5, 0.6) is 5.75 Å². The molecule has 6 heteroatoms. The molecule has 148 valence electrons. The van der Waals surface area contributed by atoms with Gasteiger partial charge in [-0.05, 0) is 48.7 Å². The zero-order valence-electron chi connectivity index (χ0n) is 16.7. The number of hydrogen-bond acceptors (Lipinski definition) is 4. The molecule has 0 aliphatic carbocycles. The number of halogens is 1. The fraction of sp³-hybridized carbons (Fsp3) is 0.364. The van der Waals surface area contributed by atoms with Gasteiger partial charge in [0.1, 0.15) is 5.75 Å². The van der Waals surface area contributed by atoms with E-state index >= 15 is 0 Å². The number of fused-ring (bicyclic) bond motifs is 1. The lowest BCUT2D eigenvalue weighted by atomic mass is 10.1. The molecule has 0 bridgehead atoms. The number of carbonyl (C=O) groups excluding carboxylic acids is 1. The third kappa shape index (κ3) is 4.38. The van der Waals surface area contributed by atoms with Crippen LogP contribution in [-0.4, -0.2) is 29.5 Å². The summed E-state index contributed by atoms with van der Waals surface area (Å²) < 4.78 is 13.8. The summed E-state index contributed by atoms with van der Waals surface area (Å²) in [5, 5.41) is 5.77. The lowest BCUT2D eigenvalue weighted by Crippen LogP contribution is -2.09. The van der Waals surface area contributed by atoms with E-state index < -0.39 is 0 Å². The van der Waals surface area contributed by atoms with E-state index in [9.17, 15) is 4.79 Å². The van der Waals surface area contributed by atoms with Crippen LogP contribution in [0.1, 0.15) is 42.4 Å². The Hall–Kier alpha value is -2.34. The maximum atomic E-state index is 11.9. The Bertz CT molecular complexity index is 995. The molecule has 0 unspecified atom stereocenters. The molecule has 1 aromatic heterocycles. The Balaban J connectivity index is 2.01. The van der Waals surface area contributed by atoms with Crippen LogP contribution in [0.15, 0.2) is 40.9 Å². The number of benzene rings is 2. The Morgan fingerprint density at radius 3 is 2.68 bits per heavy atom. The van der Waals surface area contributed by atoms with E-state index in [0.29, 0.717) is 24.6 Å². The summed E-state index contributed by atoms with van der Waals surface area (Å²) in [7, 11) is 1.39. The predicted octanol–water partition coefficient (Wildman–Crippen LogP) is 5.23. The quantitative estimate of drug-likeness (QED) is 0.468. The van der Waals surface area contributed by atoms with Crippen molar-refractivity contribution in [3.63, 3.8) is 0 Å². The van der Waals surface area contributed by atoms with Crippen LogP contribution >= 0.6 is 15.9 Å². The summed E-state index contributed by atoms with van der Waals surface area (Å²) in [6, 6.07) is 11.6. The lowest BCUT2D eigenvalue weighted by molar-refractivity contribution is 0.0601. The second kappa shape index (κ2) is 8.78. The predicted molar refractivity (Wildman–Crippen MR) is 114 cm³/mol. The van der Waals surface area contributed by atoms with Gasteiger partial charge in [-0.15, -0.1) is 0 Å². The Morgan fingerprint density at radius 1 is 1.21 bits per heavy atom. The van der Waals surface area contributed by atoms with Crippen LogP contribution < -0.4 is 4.74 Å². The summed E-state index contributed by atoms with van der Waals surface area (Å²) in [5.74, 6) is 0.975. The van der Waals surface area contributed by atoms with E-state index in [1.54, 1.807) is 6.07 Å². The summed E-state index contributed by atoms with van der Waals surface area (Å²) in [4.78, 5) is 11.9. The highest BCUT2D eigenvalue weighted by atomic mass is 79.9. The van der Waals surface area contributed by atoms with Crippen molar-refractivity contribution in [1.29, 1.82) is 0 Å². The SMILES string of the molecule is CCc1nn(Cc2cc(Br)ccc2OCC(C)C)c2ccc(C(=O)OC)cc12. The van der Waals surface area contributed by atoms with Crippen molar-refractivity contribution in [3.8, 4) is 5.75 Å². The number of aromatic nitrogens is 2. The standard InChI is InChI=1S/C22H25BrN2O3/c1-5-19-18-11-15(22(26)27-4)6-8-20(18)25(24-19)12-16-10-17(23)7-9-21(16)28-13-14(2)3/h6-11,14H,5,12-13H2,1-4H3. The van der Waals surface area contributed by atoms with Gasteiger partial charge in [0, 0.05) is 15.4 Å². The fourth-order valence-electron chi connectivity index (χ4n) is 3.10. The highest BCUT2D eigenvalue weighted by Crippen LogP contribution is 2.27. The summed E-state index contributed by atoms with van der Waals surface area (Å²) in [5.41, 5.74) is 3.53. The first kappa shape index (κ1) is 20.4. The third-order valence-electron chi connectivity index (χ3n) is 4.50. The van der Waals surface area contributed by atoms with Gasteiger partial charge in [0.25, 0.3) is 0 Å². The molecule has 5 nitrogen and oxygen atoms in total. The van der Waals surface area contributed by atoms with Crippen LogP contribution in [0.2, 0.25) is 0 Å². The smallest absolute Gasteiger partial charge is 0.337 e. The summed E-state index contributed by atoms with van der Waals surface area (Å²) in [6.45, 7) is 7.57. The Kier molecular flexibility index (Phi) is 6.39. The number of carbonyl (C=O) groups is 1. The van der Waals surface area contributed by atoms with Gasteiger partial charge in [0.05, 0.1) is 37.0 Å². The Labute approximate surface area is 173 Å². The fourth-order valence-corrected chi connectivity index (χ4v) is 3.51. The third-order valence-corrected chi connectivity index (χ3v) is 4.99. The molecule has 0 saturated heterocycles. The van der Waals surface area contributed by atoms with Gasteiger partial charge in [-0.25, -0.2) is 4.79 Å². The molecule has 0 spiro atoms. The maximum Gasteiger partial charge on any atom is 0.337 e. The first-order valence-electron chi connectivity index (χ1n) is 9.41. The van der Waals surface area contributed by atoms with Crippen LogP contribution in [0.3, 0.4) is 0 Å². The molecule has 0 N–H and O–H groups in total. The number of nitrogens with zero attached hydrogens (tertiary/aromatic N) is 2. The Morgan fingerprint density at radius 2 is 2.00 bits per heavy atom. The van der Waals surface area contributed by atoms with E-state index in [2.05, 4.69) is 42.8 Å². The lowest BCUT2D eigenvalue weighted by Gasteiger charge is -2.14. The first-order valence-corrected chi connectivity index (χ1v) is 10.2. The van der Waals surface area contributed by atoms with Crippen LogP contribution in [0.25, 0.3) is 10.9 Å². The highest BCUT2D eigenvalue weighted by Gasteiger charge is 2.15. The summed E-state index contributed by atoms with van der Waals surface area (Å²) in [6.07, 6.45) is 0.781. The minimum Gasteiger partial charge on any atom is -0.493 e. The van der Waals surface area contributed by atoms with Crippen LogP contribution in [0.4, 0.5) is 0 Å². The highest BCUT2D eigenvalue weighted by molar-refractivity contribution is 9.10. The normalized spacial score (nSPS) is 11.2. The number of hydrogen-bond donors (Lipinski definition) is 0. The molecular formula is C22H25BrN2O3. The van der Waals surface area contributed by atoms with E-state index in [4.69, 9.17) is 14.6 Å². The van der Waals surface area contributed by atoms with Crippen molar-refractivity contribution >= 4 is 32.8 Å². The van der Waals surface area contributed by atoms with E-state index in [1.807, 2.05) is 28.9 Å². The second-order valence-corrected chi connectivity index (χ2v) is 8.05. The number of esters is 1. The zero-order valence-corrected chi connectivity index (χ0v) is 18.2. The van der Waals surface area contributed by atoms with Gasteiger partial charge in [-0.1, -0.05) is 36.7 Å². The monoisotopic (exact) mass is 444 g/mol. The van der Waals surface area contributed by atoms with Crippen molar-refractivity contribution in [3.05, 3.63) is 57.7 Å². The van der Waals surface area contributed by atoms with Gasteiger partial charge in [-0.3, -0.25) is 4.68 Å². The molecule has 0 saturated carbocycles. The molecule has 0 aliphatic rings. The average Bonchev–Trinajstić information content (AvgIpc) is 3.03. The molecule has 0 fully saturated rings. The molecule has 3 rings (SSSR count). The van der Waals surface area contributed by atoms with Crippen LogP contribution in [0, 0.1) is 5.92 Å². The van der Waals surface area contributed by atoms with Crippen molar-refractivity contribution in [2.45, 2.75) is 33.7 Å². The van der Waals surface area contributed by atoms with Gasteiger partial charge < -0.3 is 9.47 Å². The van der Waals surface area contributed by atoms with Gasteiger partial charge in [-0.2, -0.15) is 5.10 Å². The molecule has 0 aliphatic heterocycles. The number of rotatable bonds is 7. The van der Waals surface area contributed by atoms with E-state index in [-0.39, 0.29) is 5.97 Å². The largest absolute Gasteiger partial charge is 0.493 e. The molecule has 0 atom stereocenters. The molecule has 2 aromatic carbocycles. The molecule has 0 amide bonds. The molecule has 28 heavy (non-hydrogen) atoms. The number of methoxy groups -OCH3 is 1. The molecule has 3 aromatic rings. The van der Waals surface area contributed by atoms with Gasteiger partial charge in [0.15, 0.2) is 0 Å². The van der Waals surface area contributed by atoms with E-state index in [1.165, 1.54) is 7.11 Å². The van der Waals surface area contributed by atoms with Crippen molar-refractivity contribution in [2.24, 2.45) is 5.92 Å². The maximum absolute atomic E-state index is 11.9. The van der Waals surface area contributed by atoms with Gasteiger partial charge in [0.2, 0.25) is 0 Å².